The Morgan fingerprint density at radius 1 is 1.37 bits per heavy atom. The van der Waals surface area contributed by atoms with Crippen molar-refractivity contribution in [3.8, 4) is 11.4 Å². The number of carbonyl (C=O) groups is 1. The first-order valence-electron chi connectivity index (χ1n) is 9.58. The molecule has 0 saturated carbocycles. The number of aliphatic hydroxyl groups excluding tert-OH is 1. The van der Waals surface area contributed by atoms with E-state index in [2.05, 4.69) is 22.2 Å². The minimum absolute atomic E-state index is 0.0849. The highest BCUT2D eigenvalue weighted by Gasteiger charge is 2.19. The minimum atomic E-state index is -0.248. The second kappa shape index (κ2) is 9.53. The molecule has 0 unspecified atom stereocenters. The fourth-order valence-corrected chi connectivity index (χ4v) is 3.33. The number of benzene rings is 1. The quantitative estimate of drug-likeness (QED) is 0.657. The molecule has 7 heteroatoms. The molecule has 1 saturated heterocycles. The van der Waals surface area contributed by atoms with E-state index in [0.29, 0.717) is 18.2 Å². The van der Waals surface area contributed by atoms with Gasteiger partial charge in [-0.25, -0.2) is 4.68 Å². The molecular formula is C20H28N4O3. The lowest BCUT2D eigenvalue weighted by molar-refractivity contribution is 0.0945. The zero-order valence-electron chi connectivity index (χ0n) is 15.8. The lowest BCUT2D eigenvalue weighted by Crippen LogP contribution is -2.28. The van der Waals surface area contributed by atoms with E-state index < -0.39 is 0 Å². The molecule has 3 rings (SSSR count). The van der Waals surface area contributed by atoms with Gasteiger partial charge in [-0.2, -0.15) is 5.10 Å². The lowest BCUT2D eigenvalue weighted by atomic mass is 10.2. The standard InChI is InChI=1S/C20H28N4O3/c1-16-4-2-10-23(16)11-3-13-27-19-7-5-18(6-8-19)24-15-17(14-22-24)20(26)21-9-12-25/h5-8,14-16,25H,2-4,9-13H2,1H3,(H,21,26)/t16-/m1/s1. The molecule has 27 heavy (non-hydrogen) atoms. The molecule has 0 radical (unpaired) electrons. The van der Waals surface area contributed by atoms with Gasteiger partial charge in [0.2, 0.25) is 0 Å². The molecule has 2 heterocycles. The molecule has 7 nitrogen and oxygen atoms in total. The summed E-state index contributed by atoms with van der Waals surface area (Å²) < 4.78 is 7.48. The van der Waals surface area contributed by atoms with Crippen LogP contribution in [0.3, 0.4) is 0 Å². The zero-order chi connectivity index (χ0) is 19.1. The van der Waals surface area contributed by atoms with Crippen LogP contribution in [0.25, 0.3) is 5.69 Å². The van der Waals surface area contributed by atoms with Gasteiger partial charge in [-0.05, 0) is 57.0 Å². The van der Waals surface area contributed by atoms with Crippen molar-refractivity contribution in [2.45, 2.75) is 32.2 Å². The molecule has 1 aliphatic heterocycles. The van der Waals surface area contributed by atoms with Crippen LogP contribution >= 0.6 is 0 Å². The van der Waals surface area contributed by atoms with E-state index in [-0.39, 0.29) is 19.1 Å². The van der Waals surface area contributed by atoms with E-state index in [1.807, 2.05) is 24.3 Å². The first-order chi connectivity index (χ1) is 13.2. The van der Waals surface area contributed by atoms with E-state index in [4.69, 9.17) is 9.84 Å². The number of nitrogens with zero attached hydrogens (tertiary/aromatic N) is 3. The Morgan fingerprint density at radius 2 is 2.19 bits per heavy atom. The summed E-state index contributed by atoms with van der Waals surface area (Å²) in [4.78, 5) is 14.4. The number of hydrogen-bond donors (Lipinski definition) is 2. The Bertz CT molecular complexity index is 729. The third-order valence-corrected chi connectivity index (χ3v) is 4.89. The number of nitrogens with one attached hydrogen (secondary N) is 1. The normalized spacial score (nSPS) is 17.2. The van der Waals surface area contributed by atoms with Crippen LogP contribution in [-0.2, 0) is 0 Å². The van der Waals surface area contributed by atoms with Crippen LogP contribution in [0.2, 0.25) is 0 Å². The summed E-state index contributed by atoms with van der Waals surface area (Å²) in [5.74, 6) is 0.587. The Balaban J connectivity index is 1.47. The second-order valence-corrected chi connectivity index (χ2v) is 6.88. The molecule has 1 fully saturated rings. The maximum Gasteiger partial charge on any atom is 0.254 e. The van der Waals surface area contributed by atoms with Crippen LogP contribution in [0.1, 0.15) is 36.5 Å². The molecule has 1 amide bonds. The summed E-state index contributed by atoms with van der Waals surface area (Å²) in [6.45, 7) is 5.45. The van der Waals surface area contributed by atoms with Crippen molar-refractivity contribution in [3.05, 3.63) is 42.2 Å². The predicted molar refractivity (Wildman–Crippen MR) is 103 cm³/mol. The van der Waals surface area contributed by atoms with Crippen LogP contribution in [-0.4, -0.2) is 64.6 Å². The summed E-state index contributed by atoms with van der Waals surface area (Å²) in [6.07, 6.45) is 6.82. The van der Waals surface area contributed by atoms with Crippen molar-refractivity contribution >= 4 is 5.91 Å². The van der Waals surface area contributed by atoms with Crippen LogP contribution in [0, 0.1) is 0 Å². The van der Waals surface area contributed by atoms with Crippen molar-refractivity contribution in [2.24, 2.45) is 0 Å². The van der Waals surface area contributed by atoms with Gasteiger partial charge in [-0.3, -0.25) is 4.79 Å². The highest BCUT2D eigenvalue weighted by atomic mass is 16.5. The summed E-state index contributed by atoms with van der Waals surface area (Å²) in [5, 5.41) is 15.6. The average Bonchev–Trinajstić information content (AvgIpc) is 3.33. The molecule has 0 spiro atoms. The Labute approximate surface area is 159 Å². The van der Waals surface area contributed by atoms with Crippen molar-refractivity contribution < 1.29 is 14.6 Å². The van der Waals surface area contributed by atoms with Crippen LogP contribution < -0.4 is 10.1 Å². The minimum Gasteiger partial charge on any atom is -0.494 e. The van der Waals surface area contributed by atoms with Crippen molar-refractivity contribution in [2.75, 3.05) is 32.8 Å². The van der Waals surface area contributed by atoms with Gasteiger partial charge >= 0.3 is 0 Å². The molecule has 1 aromatic carbocycles. The third kappa shape index (κ3) is 5.30. The molecule has 2 N–H and O–H groups in total. The largest absolute Gasteiger partial charge is 0.494 e. The van der Waals surface area contributed by atoms with E-state index in [0.717, 1.165) is 24.4 Å². The van der Waals surface area contributed by atoms with Crippen LogP contribution in [0.5, 0.6) is 5.75 Å². The number of aliphatic hydroxyl groups is 1. The highest BCUT2D eigenvalue weighted by molar-refractivity contribution is 5.93. The van der Waals surface area contributed by atoms with E-state index in [1.54, 1.807) is 10.9 Å². The van der Waals surface area contributed by atoms with E-state index in [1.165, 1.54) is 25.6 Å². The average molecular weight is 372 g/mol. The molecule has 1 aliphatic rings. The summed E-state index contributed by atoms with van der Waals surface area (Å²) in [5.41, 5.74) is 1.31. The fourth-order valence-electron chi connectivity index (χ4n) is 3.33. The topological polar surface area (TPSA) is 79.6 Å². The molecule has 0 aliphatic carbocycles. The smallest absolute Gasteiger partial charge is 0.254 e. The van der Waals surface area contributed by atoms with Crippen molar-refractivity contribution in [1.82, 2.24) is 20.0 Å². The monoisotopic (exact) mass is 372 g/mol. The van der Waals surface area contributed by atoms with E-state index in [9.17, 15) is 4.79 Å². The predicted octanol–water partition coefficient (Wildman–Crippen LogP) is 1.85. The SMILES string of the molecule is C[C@@H]1CCCN1CCCOc1ccc(-n2cc(C(=O)NCCO)cn2)cc1. The maximum absolute atomic E-state index is 11.9. The zero-order valence-corrected chi connectivity index (χ0v) is 15.8. The van der Waals surface area contributed by atoms with Crippen molar-refractivity contribution in [1.29, 1.82) is 0 Å². The third-order valence-electron chi connectivity index (χ3n) is 4.89. The summed E-state index contributed by atoms with van der Waals surface area (Å²) >= 11 is 0. The molecule has 1 atom stereocenters. The maximum atomic E-state index is 11.9. The van der Waals surface area contributed by atoms with Gasteiger partial charge in [0.15, 0.2) is 0 Å². The number of aromatic nitrogens is 2. The van der Waals surface area contributed by atoms with Gasteiger partial charge in [0.05, 0.1) is 30.7 Å². The van der Waals surface area contributed by atoms with Crippen molar-refractivity contribution in [3.63, 3.8) is 0 Å². The Kier molecular flexibility index (Phi) is 6.84. The first kappa shape index (κ1) is 19.4. The van der Waals surface area contributed by atoms with Crippen LogP contribution in [0.4, 0.5) is 0 Å². The molecular weight excluding hydrogens is 344 g/mol. The van der Waals surface area contributed by atoms with Gasteiger partial charge in [0, 0.05) is 25.3 Å². The summed E-state index contributed by atoms with van der Waals surface area (Å²) in [7, 11) is 0. The number of ether oxygens (including phenoxy) is 1. The van der Waals surface area contributed by atoms with Crippen LogP contribution in [0.15, 0.2) is 36.7 Å². The molecule has 146 valence electrons. The molecule has 2 aromatic rings. The first-order valence-corrected chi connectivity index (χ1v) is 9.58. The Hall–Kier alpha value is -2.38. The van der Waals surface area contributed by atoms with Gasteiger partial charge in [-0.15, -0.1) is 0 Å². The number of rotatable bonds is 9. The number of hydrogen-bond acceptors (Lipinski definition) is 5. The molecule has 1 aromatic heterocycles. The highest BCUT2D eigenvalue weighted by Crippen LogP contribution is 2.18. The Morgan fingerprint density at radius 3 is 2.89 bits per heavy atom. The second-order valence-electron chi connectivity index (χ2n) is 6.88. The van der Waals surface area contributed by atoms with Gasteiger partial charge < -0.3 is 20.1 Å². The molecule has 0 bridgehead atoms. The number of carbonyl (C=O) groups excluding carboxylic acids is 1. The number of amides is 1. The fraction of sp³-hybridized carbons (Fsp3) is 0.500. The number of likely N-dealkylation sites (tertiary alicyclic amines) is 1. The summed E-state index contributed by atoms with van der Waals surface area (Å²) in [6, 6.07) is 8.37. The van der Waals surface area contributed by atoms with Gasteiger partial charge in [-0.1, -0.05) is 0 Å². The lowest BCUT2D eigenvalue weighted by Gasteiger charge is -2.20. The van der Waals surface area contributed by atoms with Gasteiger partial charge in [0.25, 0.3) is 5.91 Å². The van der Waals surface area contributed by atoms with Gasteiger partial charge in [0.1, 0.15) is 5.75 Å². The van der Waals surface area contributed by atoms with E-state index >= 15 is 0 Å².